The number of imidazole rings is 1. The number of carbonyl (C=O) groups is 1. The van der Waals surface area contributed by atoms with E-state index in [2.05, 4.69) is 23.6 Å². The lowest BCUT2D eigenvalue weighted by Gasteiger charge is -2.13. The molecule has 3 rings (SSSR count). The molecule has 31 heavy (non-hydrogen) atoms. The predicted molar refractivity (Wildman–Crippen MR) is 127 cm³/mol. The van der Waals surface area contributed by atoms with Gasteiger partial charge in [0.25, 0.3) is 0 Å². The van der Waals surface area contributed by atoms with E-state index in [0.29, 0.717) is 13.0 Å². The molecule has 1 aromatic carbocycles. The Balaban J connectivity index is 1.94. The summed E-state index contributed by atoms with van der Waals surface area (Å²) in [4.78, 5) is 17.5. The fourth-order valence-electron chi connectivity index (χ4n) is 3.28. The third-order valence-corrected chi connectivity index (χ3v) is 6.17. The second-order valence-electron chi connectivity index (χ2n) is 7.30. The summed E-state index contributed by atoms with van der Waals surface area (Å²) in [6.07, 6.45) is 7.74. The Morgan fingerprint density at radius 2 is 2.13 bits per heavy atom. The van der Waals surface area contributed by atoms with Crippen LogP contribution in [0.15, 0.2) is 53.5 Å². The molecule has 0 unspecified atom stereocenters. The lowest BCUT2D eigenvalue weighted by Crippen LogP contribution is -2.18. The summed E-state index contributed by atoms with van der Waals surface area (Å²) in [5.74, 6) is 0.618. The Bertz CT molecular complexity index is 1010. The van der Waals surface area contributed by atoms with E-state index in [1.54, 1.807) is 11.3 Å². The minimum atomic E-state index is -0.412. The number of aryl methyl sites for hydroxylation is 1. The number of ether oxygens (including phenoxy) is 1. The number of benzene rings is 1. The maximum absolute atomic E-state index is 11.6. The number of aromatic nitrogens is 2. The summed E-state index contributed by atoms with van der Waals surface area (Å²) in [5, 5.41) is 2.78. The quantitative estimate of drug-likeness (QED) is 0.406. The molecule has 2 heterocycles. The minimum absolute atomic E-state index is 0.127. The van der Waals surface area contributed by atoms with Crippen LogP contribution >= 0.6 is 22.9 Å². The van der Waals surface area contributed by atoms with E-state index in [-0.39, 0.29) is 13.2 Å². The van der Waals surface area contributed by atoms with Crippen molar-refractivity contribution < 1.29 is 9.53 Å². The highest BCUT2D eigenvalue weighted by Gasteiger charge is 2.13. The van der Waals surface area contributed by atoms with Crippen LogP contribution in [0.2, 0.25) is 5.02 Å². The molecule has 5 nitrogen and oxygen atoms in total. The maximum atomic E-state index is 11.6. The number of hydrogen-bond donors (Lipinski definition) is 1. The molecule has 0 bridgehead atoms. The topological polar surface area (TPSA) is 70.1 Å². The van der Waals surface area contributed by atoms with Crippen molar-refractivity contribution in [1.82, 2.24) is 9.55 Å². The first-order valence-corrected chi connectivity index (χ1v) is 11.7. The molecule has 0 atom stereocenters. The number of hydrogen-bond acceptors (Lipinski definition) is 5. The number of halogens is 1. The standard InChI is InChI=1S/C24H28ClN3O2S/c1-2-3-10-23-27-15-20(28(23)16-19-7-4-5-9-22(19)25)12-18(17-30-24(29)14-26)13-21-8-6-11-31-21/h4-9,11-12,15H,2-3,10,13-14,16-17,26H2,1H3. The monoisotopic (exact) mass is 457 g/mol. The molecule has 0 fully saturated rings. The van der Waals surface area contributed by atoms with Gasteiger partial charge in [-0.25, -0.2) is 4.98 Å². The molecule has 0 aliphatic rings. The molecule has 2 N–H and O–H groups in total. The van der Waals surface area contributed by atoms with E-state index < -0.39 is 5.97 Å². The molecule has 0 aliphatic carbocycles. The van der Waals surface area contributed by atoms with Crippen LogP contribution in [0.1, 0.15) is 41.7 Å². The van der Waals surface area contributed by atoms with Crippen LogP contribution in [-0.2, 0) is 28.9 Å². The highest BCUT2D eigenvalue weighted by atomic mass is 35.5. The first kappa shape index (κ1) is 23.3. The number of rotatable bonds is 11. The van der Waals surface area contributed by atoms with Gasteiger partial charge in [-0.2, -0.15) is 0 Å². The van der Waals surface area contributed by atoms with Gasteiger partial charge in [-0.05, 0) is 41.1 Å². The number of thiophene rings is 1. The predicted octanol–water partition coefficient (Wildman–Crippen LogP) is 5.12. The Morgan fingerprint density at radius 1 is 1.29 bits per heavy atom. The van der Waals surface area contributed by atoms with Gasteiger partial charge in [-0.1, -0.05) is 49.2 Å². The van der Waals surface area contributed by atoms with Gasteiger partial charge >= 0.3 is 5.97 Å². The van der Waals surface area contributed by atoms with Crippen LogP contribution < -0.4 is 5.73 Å². The van der Waals surface area contributed by atoms with E-state index in [1.807, 2.05) is 41.9 Å². The van der Waals surface area contributed by atoms with Crippen LogP contribution in [0, 0.1) is 0 Å². The van der Waals surface area contributed by atoms with Crippen LogP contribution in [0.4, 0.5) is 0 Å². The average molecular weight is 458 g/mol. The molecule has 3 aromatic rings. The fourth-order valence-corrected chi connectivity index (χ4v) is 4.23. The van der Waals surface area contributed by atoms with Crippen LogP contribution in [0.25, 0.3) is 6.08 Å². The van der Waals surface area contributed by atoms with Crippen molar-refractivity contribution in [2.45, 2.75) is 39.2 Å². The van der Waals surface area contributed by atoms with Gasteiger partial charge in [0, 0.05) is 22.7 Å². The SMILES string of the molecule is CCCCc1ncc(C=C(COC(=O)CN)Cc2cccs2)n1Cc1ccccc1Cl. The van der Waals surface area contributed by atoms with Gasteiger partial charge < -0.3 is 15.0 Å². The van der Waals surface area contributed by atoms with Gasteiger partial charge in [0.1, 0.15) is 12.4 Å². The molecule has 0 aliphatic heterocycles. The smallest absolute Gasteiger partial charge is 0.320 e. The molecule has 0 saturated heterocycles. The van der Waals surface area contributed by atoms with E-state index in [9.17, 15) is 4.79 Å². The molecular formula is C24H28ClN3O2S. The maximum Gasteiger partial charge on any atom is 0.320 e. The van der Waals surface area contributed by atoms with Crippen molar-refractivity contribution >= 4 is 35.0 Å². The number of unbranched alkanes of at least 4 members (excludes halogenated alkanes) is 1. The Labute approximate surface area is 192 Å². The highest BCUT2D eigenvalue weighted by Crippen LogP contribution is 2.22. The number of carbonyl (C=O) groups excluding carboxylic acids is 1. The summed E-state index contributed by atoms with van der Waals surface area (Å²) >= 11 is 8.12. The number of nitrogens with zero attached hydrogens (tertiary/aromatic N) is 2. The summed E-state index contributed by atoms with van der Waals surface area (Å²) in [6.45, 7) is 2.89. The zero-order valence-electron chi connectivity index (χ0n) is 17.7. The summed E-state index contributed by atoms with van der Waals surface area (Å²) in [5.41, 5.74) is 8.41. The third-order valence-electron chi connectivity index (χ3n) is 4.93. The molecular weight excluding hydrogens is 430 g/mol. The molecule has 7 heteroatoms. The average Bonchev–Trinajstić information content (AvgIpc) is 3.42. The number of nitrogens with two attached hydrogens (primary N) is 1. The third kappa shape index (κ3) is 6.79. The van der Waals surface area contributed by atoms with Gasteiger partial charge in [0.2, 0.25) is 0 Å². The van der Waals surface area contributed by atoms with Crippen LogP contribution in [0.5, 0.6) is 0 Å². The second-order valence-corrected chi connectivity index (χ2v) is 8.74. The molecule has 164 valence electrons. The van der Waals surface area contributed by atoms with Gasteiger partial charge in [-0.15, -0.1) is 11.3 Å². The van der Waals surface area contributed by atoms with Crippen molar-refractivity contribution in [2.75, 3.05) is 13.2 Å². The first-order valence-electron chi connectivity index (χ1n) is 10.5. The van der Waals surface area contributed by atoms with Gasteiger partial charge in [0.05, 0.1) is 25.0 Å². The zero-order chi connectivity index (χ0) is 22.1. The van der Waals surface area contributed by atoms with E-state index in [4.69, 9.17) is 27.1 Å². The molecule has 0 saturated carbocycles. The lowest BCUT2D eigenvalue weighted by molar-refractivity contribution is -0.140. The van der Waals surface area contributed by atoms with Crippen LogP contribution in [-0.4, -0.2) is 28.7 Å². The lowest BCUT2D eigenvalue weighted by atomic mass is 10.1. The van der Waals surface area contributed by atoms with Gasteiger partial charge in [-0.3, -0.25) is 4.79 Å². The Hall–Kier alpha value is -2.41. The Morgan fingerprint density at radius 3 is 2.84 bits per heavy atom. The minimum Gasteiger partial charge on any atom is -0.460 e. The molecule has 0 spiro atoms. The van der Waals surface area contributed by atoms with Crippen LogP contribution in [0.3, 0.4) is 0 Å². The largest absolute Gasteiger partial charge is 0.460 e. The first-order chi connectivity index (χ1) is 15.1. The molecule has 0 amide bonds. The fraction of sp³-hybridized carbons (Fsp3) is 0.333. The van der Waals surface area contributed by atoms with Crippen molar-refractivity contribution in [2.24, 2.45) is 5.73 Å². The zero-order valence-corrected chi connectivity index (χ0v) is 19.3. The van der Waals surface area contributed by atoms with Crippen molar-refractivity contribution in [1.29, 1.82) is 0 Å². The van der Waals surface area contributed by atoms with E-state index in [0.717, 1.165) is 46.9 Å². The summed E-state index contributed by atoms with van der Waals surface area (Å²) < 4.78 is 7.55. The number of esters is 1. The molecule has 2 aromatic heterocycles. The van der Waals surface area contributed by atoms with E-state index >= 15 is 0 Å². The summed E-state index contributed by atoms with van der Waals surface area (Å²) in [7, 11) is 0. The molecule has 0 radical (unpaired) electrons. The van der Waals surface area contributed by atoms with Gasteiger partial charge in [0.15, 0.2) is 0 Å². The Kier molecular flexibility index (Phi) is 8.88. The highest BCUT2D eigenvalue weighted by molar-refractivity contribution is 7.09. The van der Waals surface area contributed by atoms with Crippen molar-refractivity contribution in [3.05, 3.63) is 80.5 Å². The second kappa shape index (κ2) is 11.8. The van der Waals surface area contributed by atoms with E-state index in [1.165, 1.54) is 4.88 Å². The van der Waals surface area contributed by atoms with Crippen molar-refractivity contribution in [3.63, 3.8) is 0 Å². The normalized spacial score (nSPS) is 11.6. The van der Waals surface area contributed by atoms with Crippen molar-refractivity contribution in [3.8, 4) is 0 Å². The summed E-state index contributed by atoms with van der Waals surface area (Å²) in [6, 6.07) is 12.0.